The molecular formula is C14H18N2O2. The number of nitrogens with two attached hydrogens (primary N) is 1. The zero-order valence-corrected chi connectivity index (χ0v) is 10.3. The number of morpholine rings is 1. The number of ether oxygens (including phenoxy) is 1. The van der Waals surface area contributed by atoms with Crippen LogP contribution >= 0.6 is 0 Å². The predicted octanol–water partition coefficient (Wildman–Crippen LogP) is 0.512. The minimum Gasteiger partial charge on any atom is -0.377 e. The van der Waals surface area contributed by atoms with Gasteiger partial charge in [0, 0.05) is 13.1 Å². The average molecular weight is 246 g/mol. The van der Waals surface area contributed by atoms with Crippen molar-refractivity contribution in [2.24, 2.45) is 5.73 Å². The molecule has 4 nitrogen and oxygen atoms in total. The third kappa shape index (κ3) is 1.82. The molecule has 18 heavy (non-hydrogen) atoms. The molecule has 0 aromatic heterocycles. The first-order valence-corrected chi connectivity index (χ1v) is 6.47. The van der Waals surface area contributed by atoms with Gasteiger partial charge in [-0.1, -0.05) is 24.3 Å². The summed E-state index contributed by atoms with van der Waals surface area (Å²) in [5.74, 6) is 0.251. The van der Waals surface area contributed by atoms with Crippen LogP contribution < -0.4 is 5.73 Å². The van der Waals surface area contributed by atoms with Crippen LogP contribution in [0.25, 0.3) is 0 Å². The lowest BCUT2D eigenvalue weighted by Gasteiger charge is -2.40. The van der Waals surface area contributed by atoms with E-state index >= 15 is 0 Å². The van der Waals surface area contributed by atoms with E-state index in [2.05, 4.69) is 12.1 Å². The summed E-state index contributed by atoms with van der Waals surface area (Å²) in [5.41, 5.74) is 8.20. The molecule has 3 rings (SSSR count). The van der Waals surface area contributed by atoms with Crippen LogP contribution in [-0.4, -0.2) is 43.2 Å². The Balaban J connectivity index is 1.76. The van der Waals surface area contributed by atoms with Crippen molar-refractivity contribution >= 4 is 5.91 Å². The van der Waals surface area contributed by atoms with Crippen molar-refractivity contribution < 1.29 is 9.53 Å². The smallest absolute Gasteiger partial charge is 0.230 e. The summed E-state index contributed by atoms with van der Waals surface area (Å²) in [5, 5.41) is 0. The molecule has 0 radical (unpaired) electrons. The molecule has 2 atom stereocenters. The quantitative estimate of drug-likeness (QED) is 0.827. The van der Waals surface area contributed by atoms with Crippen LogP contribution in [0.3, 0.4) is 0 Å². The summed E-state index contributed by atoms with van der Waals surface area (Å²) in [7, 11) is 0. The maximum Gasteiger partial charge on any atom is 0.230 e. The van der Waals surface area contributed by atoms with Gasteiger partial charge in [-0.25, -0.2) is 0 Å². The van der Waals surface area contributed by atoms with Gasteiger partial charge in [0.15, 0.2) is 0 Å². The molecule has 1 aromatic carbocycles. The van der Waals surface area contributed by atoms with E-state index in [4.69, 9.17) is 10.5 Å². The Morgan fingerprint density at radius 1 is 1.44 bits per heavy atom. The Bertz CT molecular complexity index is 461. The van der Waals surface area contributed by atoms with Crippen molar-refractivity contribution in [1.82, 2.24) is 4.90 Å². The summed E-state index contributed by atoms with van der Waals surface area (Å²) in [6, 6.07) is 8.21. The van der Waals surface area contributed by atoms with Gasteiger partial charge in [-0.2, -0.15) is 0 Å². The highest BCUT2D eigenvalue weighted by atomic mass is 16.5. The second-order valence-electron chi connectivity index (χ2n) is 4.95. The minimum absolute atomic E-state index is 0.0355. The van der Waals surface area contributed by atoms with Gasteiger partial charge in [0.1, 0.15) is 0 Å². The molecule has 0 bridgehead atoms. The highest BCUT2D eigenvalue weighted by molar-refractivity contribution is 5.87. The maximum atomic E-state index is 12.5. The van der Waals surface area contributed by atoms with Crippen LogP contribution in [0.2, 0.25) is 0 Å². The minimum atomic E-state index is 0.0355. The monoisotopic (exact) mass is 246 g/mol. The number of hydrogen-bond acceptors (Lipinski definition) is 3. The van der Waals surface area contributed by atoms with Gasteiger partial charge in [0.05, 0.1) is 25.2 Å². The molecule has 1 aromatic rings. The molecule has 96 valence electrons. The van der Waals surface area contributed by atoms with Gasteiger partial charge in [-0.3, -0.25) is 4.79 Å². The fourth-order valence-corrected chi connectivity index (χ4v) is 2.82. The van der Waals surface area contributed by atoms with E-state index in [1.807, 2.05) is 17.0 Å². The lowest BCUT2D eigenvalue weighted by molar-refractivity contribution is -0.141. The van der Waals surface area contributed by atoms with Gasteiger partial charge in [-0.15, -0.1) is 0 Å². The van der Waals surface area contributed by atoms with E-state index < -0.39 is 0 Å². The number of hydrogen-bond donors (Lipinski definition) is 1. The molecule has 1 amide bonds. The Labute approximate surface area is 107 Å². The molecule has 1 saturated heterocycles. The van der Waals surface area contributed by atoms with Gasteiger partial charge < -0.3 is 15.4 Å². The normalized spacial score (nSPS) is 26.4. The lowest BCUT2D eigenvalue weighted by Crippen LogP contribution is -2.54. The summed E-state index contributed by atoms with van der Waals surface area (Å²) in [4.78, 5) is 14.4. The summed E-state index contributed by atoms with van der Waals surface area (Å²) < 4.78 is 5.38. The third-order valence-corrected chi connectivity index (χ3v) is 3.94. The molecule has 1 fully saturated rings. The van der Waals surface area contributed by atoms with E-state index in [9.17, 15) is 4.79 Å². The summed E-state index contributed by atoms with van der Waals surface area (Å²) in [6.07, 6.45) is 0.865. The average Bonchev–Trinajstić information content (AvgIpc) is 2.40. The summed E-state index contributed by atoms with van der Waals surface area (Å²) in [6.45, 7) is 2.33. The Morgan fingerprint density at radius 2 is 2.28 bits per heavy atom. The number of fused-ring (bicyclic) bond motifs is 1. The van der Waals surface area contributed by atoms with Crippen LogP contribution in [0.15, 0.2) is 24.3 Å². The lowest BCUT2D eigenvalue weighted by atomic mass is 9.76. The Kier molecular flexibility index (Phi) is 3.06. The van der Waals surface area contributed by atoms with E-state index in [-0.39, 0.29) is 17.9 Å². The highest BCUT2D eigenvalue weighted by Gasteiger charge is 2.37. The van der Waals surface area contributed by atoms with Crippen molar-refractivity contribution in [3.05, 3.63) is 35.4 Å². The van der Waals surface area contributed by atoms with Gasteiger partial charge in [0.2, 0.25) is 5.91 Å². The Morgan fingerprint density at radius 3 is 3.06 bits per heavy atom. The third-order valence-electron chi connectivity index (χ3n) is 3.94. The van der Waals surface area contributed by atoms with E-state index in [0.717, 1.165) is 6.42 Å². The highest BCUT2D eigenvalue weighted by Crippen LogP contribution is 2.36. The second-order valence-corrected chi connectivity index (χ2v) is 4.95. The van der Waals surface area contributed by atoms with E-state index in [1.54, 1.807) is 0 Å². The van der Waals surface area contributed by atoms with Crippen molar-refractivity contribution in [3.8, 4) is 0 Å². The predicted molar refractivity (Wildman–Crippen MR) is 68.3 cm³/mol. The van der Waals surface area contributed by atoms with Crippen molar-refractivity contribution in [2.45, 2.75) is 18.4 Å². The van der Waals surface area contributed by atoms with E-state index in [0.29, 0.717) is 26.3 Å². The molecule has 0 spiro atoms. The van der Waals surface area contributed by atoms with Crippen LogP contribution in [-0.2, 0) is 16.0 Å². The SMILES string of the molecule is NCC1COCCN1C(=O)C1Cc2ccccc21. The fraction of sp³-hybridized carbons (Fsp3) is 0.500. The van der Waals surface area contributed by atoms with Gasteiger partial charge >= 0.3 is 0 Å². The van der Waals surface area contributed by atoms with Gasteiger partial charge in [-0.05, 0) is 17.5 Å². The summed E-state index contributed by atoms with van der Waals surface area (Å²) >= 11 is 0. The molecule has 4 heteroatoms. The van der Waals surface area contributed by atoms with Crippen molar-refractivity contribution in [2.75, 3.05) is 26.3 Å². The molecule has 2 unspecified atom stereocenters. The Hall–Kier alpha value is -1.39. The van der Waals surface area contributed by atoms with Crippen molar-refractivity contribution in [3.63, 3.8) is 0 Å². The standard InChI is InChI=1S/C14H18N2O2/c15-8-11-9-18-6-5-16(11)14(17)13-7-10-3-1-2-4-12(10)13/h1-4,11,13H,5-9,15H2. The first-order chi connectivity index (χ1) is 8.81. The number of nitrogens with zero attached hydrogens (tertiary/aromatic N) is 1. The number of rotatable bonds is 2. The zero-order valence-electron chi connectivity index (χ0n) is 10.3. The number of benzene rings is 1. The fourth-order valence-electron chi connectivity index (χ4n) is 2.82. The van der Waals surface area contributed by atoms with Crippen LogP contribution in [0.5, 0.6) is 0 Å². The topological polar surface area (TPSA) is 55.6 Å². The first kappa shape index (κ1) is 11.7. The second kappa shape index (κ2) is 4.71. The van der Waals surface area contributed by atoms with Crippen LogP contribution in [0.4, 0.5) is 0 Å². The molecule has 2 aliphatic rings. The molecule has 2 N–H and O–H groups in total. The largest absolute Gasteiger partial charge is 0.377 e. The van der Waals surface area contributed by atoms with Crippen LogP contribution in [0, 0.1) is 0 Å². The molecule has 1 aliphatic heterocycles. The maximum absolute atomic E-state index is 12.5. The number of carbonyl (C=O) groups is 1. The molecule has 1 heterocycles. The molecule has 1 aliphatic carbocycles. The van der Waals surface area contributed by atoms with Gasteiger partial charge in [0.25, 0.3) is 0 Å². The number of carbonyl (C=O) groups excluding carboxylic acids is 1. The van der Waals surface area contributed by atoms with E-state index in [1.165, 1.54) is 11.1 Å². The molecule has 0 saturated carbocycles. The molecular weight excluding hydrogens is 228 g/mol. The zero-order chi connectivity index (χ0) is 12.5. The van der Waals surface area contributed by atoms with Crippen LogP contribution in [0.1, 0.15) is 17.0 Å². The first-order valence-electron chi connectivity index (χ1n) is 6.47. The van der Waals surface area contributed by atoms with Crippen molar-refractivity contribution in [1.29, 1.82) is 0 Å². The number of amides is 1.